The molecule has 1 aliphatic heterocycles. The van der Waals surface area contributed by atoms with Gasteiger partial charge in [-0.2, -0.15) is 11.8 Å². The molecule has 0 spiro atoms. The fourth-order valence-electron chi connectivity index (χ4n) is 1.68. The summed E-state index contributed by atoms with van der Waals surface area (Å²) in [4.78, 5) is 11.8. The molecule has 2 N–H and O–H groups in total. The number of amides is 1. The summed E-state index contributed by atoms with van der Waals surface area (Å²) in [5, 5.41) is 12.9. The minimum Gasteiger partial charge on any atom is -0.387 e. The summed E-state index contributed by atoms with van der Waals surface area (Å²) in [6, 6.07) is 7.17. The lowest BCUT2D eigenvalue weighted by Crippen LogP contribution is -2.42. The van der Waals surface area contributed by atoms with Crippen molar-refractivity contribution in [1.29, 1.82) is 0 Å². The number of carbonyl (C=O) groups excluding carboxylic acids is 1. The van der Waals surface area contributed by atoms with Gasteiger partial charge in [0.2, 0.25) is 0 Å². The summed E-state index contributed by atoms with van der Waals surface area (Å²) in [7, 11) is 0. The number of hydrogen-bond donors (Lipinski definition) is 2. The molecule has 1 aromatic rings. The molecular formula is C12H14BrNO2S. The SMILES string of the molecule is O=C(NCC1(O)CCSC1)c1ccc(Br)cc1. The Kier molecular flexibility index (Phi) is 4.12. The number of thioether (sulfide) groups is 1. The van der Waals surface area contributed by atoms with Crippen LogP contribution in [0.1, 0.15) is 16.8 Å². The number of benzene rings is 1. The minimum absolute atomic E-state index is 0.136. The lowest BCUT2D eigenvalue weighted by atomic mass is 10.0. The topological polar surface area (TPSA) is 49.3 Å². The zero-order chi connectivity index (χ0) is 12.3. The number of rotatable bonds is 3. The van der Waals surface area contributed by atoms with Crippen molar-refractivity contribution in [3.05, 3.63) is 34.3 Å². The fraction of sp³-hybridized carbons (Fsp3) is 0.417. The van der Waals surface area contributed by atoms with Gasteiger partial charge in [0.1, 0.15) is 0 Å². The first kappa shape index (κ1) is 12.9. The summed E-state index contributed by atoms with van der Waals surface area (Å²) in [5.41, 5.74) is -0.113. The van der Waals surface area contributed by atoms with Crippen LogP contribution in [-0.2, 0) is 0 Å². The van der Waals surface area contributed by atoms with Crippen molar-refractivity contribution in [2.75, 3.05) is 18.1 Å². The van der Waals surface area contributed by atoms with E-state index in [0.717, 1.165) is 16.6 Å². The third kappa shape index (κ3) is 3.47. The molecule has 1 fully saturated rings. The van der Waals surface area contributed by atoms with Crippen molar-refractivity contribution in [3.8, 4) is 0 Å². The summed E-state index contributed by atoms with van der Waals surface area (Å²) >= 11 is 5.04. The molecule has 1 aliphatic rings. The fourth-order valence-corrected chi connectivity index (χ4v) is 3.24. The van der Waals surface area contributed by atoms with Gasteiger partial charge in [0.15, 0.2) is 0 Å². The summed E-state index contributed by atoms with van der Waals surface area (Å²) in [5.74, 6) is 1.53. The molecule has 0 radical (unpaired) electrons. The average molecular weight is 316 g/mol. The zero-order valence-electron chi connectivity index (χ0n) is 9.28. The summed E-state index contributed by atoms with van der Waals surface area (Å²) in [6.45, 7) is 0.328. The van der Waals surface area contributed by atoms with Crippen LogP contribution in [-0.4, -0.2) is 34.7 Å². The maximum Gasteiger partial charge on any atom is 0.251 e. The lowest BCUT2D eigenvalue weighted by Gasteiger charge is -2.21. The first-order valence-electron chi connectivity index (χ1n) is 5.43. The zero-order valence-corrected chi connectivity index (χ0v) is 11.7. The van der Waals surface area contributed by atoms with Gasteiger partial charge in [-0.15, -0.1) is 0 Å². The van der Waals surface area contributed by atoms with Gasteiger partial charge in [0.05, 0.1) is 5.60 Å². The van der Waals surface area contributed by atoms with Crippen molar-refractivity contribution >= 4 is 33.6 Å². The van der Waals surface area contributed by atoms with Gasteiger partial charge in [-0.05, 0) is 36.4 Å². The average Bonchev–Trinajstić information content (AvgIpc) is 2.75. The van der Waals surface area contributed by atoms with Gasteiger partial charge < -0.3 is 10.4 Å². The van der Waals surface area contributed by atoms with E-state index < -0.39 is 5.60 Å². The second-order valence-corrected chi connectivity index (χ2v) is 6.24. The molecule has 92 valence electrons. The predicted molar refractivity (Wildman–Crippen MR) is 73.4 cm³/mol. The summed E-state index contributed by atoms with van der Waals surface area (Å²) < 4.78 is 0.944. The molecule has 1 saturated heterocycles. The van der Waals surface area contributed by atoms with Crippen LogP contribution in [0.3, 0.4) is 0 Å². The van der Waals surface area contributed by atoms with E-state index in [1.54, 1.807) is 23.9 Å². The normalized spacial score (nSPS) is 23.6. The Morgan fingerprint density at radius 2 is 2.18 bits per heavy atom. The predicted octanol–water partition coefficient (Wildman–Crippen LogP) is 2.05. The molecule has 0 aliphatic carbocycles. The van der Waals surface area contributed by atoms with Crippen LogP contribution in [0.4, 0.5) is 0 Å². The molecule has 1 unspecified atom stereocenters. The molecule has 1 amide bonds. The van der Waals surface area contributed by atoms with Crippen molar-refractivity contribution in [1.82, 2.24) is 5.32 Å². The minimum atomic E-state index is -0.726. The second kappa shape index (κ2) is 5.42. The van der Waals surface area contributed by atoms with E-state index in [4.69, 9.17) is 0 Å². The highest BCUT2D eigenvalue weighted by atomic mass is 79.9. The summed E-state index contributed by atoms with van der Waals surface area (Å²) in [6.07, 6.45) is 0.748. The molecule has 0 aromatic heterocycles. The number of hydrogen-bond acceptors (Lipinski definition) is 3. The van der Waals surface area contributed by atoms with Crippen LogP contribution in [0.5, 0.6) is 0 Å². The Morgan fingerprint density at radius 1 is 1.47 bits per heavy atom. The van der Waals surface area contributed by atoms with E-state index in [-0.39, 0.29) is 5.91 Å². The van der Waals surface area contributed by atoms with E-state index >= 15 is 0 Å². The highest BCUT2D eigenvalue weighted by Gasteiger charge is 2.31. The van der Waals surface area contributed by atoms with E-state index in [2.05, 4.69) is 21.2 Å². The molecule has 0 saturated carbocycles. The highest BCUT2D eigenvalue weighted by molar-refractivity contribution is 9.10. The number of nitrogens with one attached hydrogen (secondary N) is 1. The first-order valence-corrected chi connectivity index (χ1v) is 7.38. The quantitative estimate of drug-likeness (QED) is 0.897. The van der Waals surface area contributed by atoms with Crippen LogP contribution in [0.2, 0.25) is 0 Å². The third-order valence-corrected chi connectivity index (χ3v) is 4.53. The van der Waals surface area contributed by atoms with Gasteiger partial charge in [0, 0.05) is 22.3 Å². The van der Waals surface area contributed by atoms with Crippen molar-refractivity contribution in [2.45, 2.75) is 12.0 Å². The van der Waals surface area contributed by atoms with E-state index in [1.807, 2.05) is 12.1 Å². The Balaban J connectivity index is 1.91. The van der Waals surface area contributed by atoms with Crippen molar-refractivity contribution < 1.29 is 9.90 Å². The Bertz CT molecular complexity index is 401. The molecule has 0 bridgehead atoms. The maximum absolute atomic E-state index is 11.8. The van der Waals surface area contributed by atoms with Crippen LogP contribution in [0.25, 0.3) is 0 Å². The number of halogens is 1. The second-order valence-electron chi connectivity index (χ2n) is 4.22. The van der Waals surface area contributed by atoms with Crippen LogP contribution in [0.15, 0.2) is 28.7 Å². The number of aliphatic hydroxyl groups is 1. The van der Waals surface area contributed by atoms with Crippen LogP contribution < -0.4 is 5.32 Å². The van der Waals surface area contributed by atoms with E-state index in [0.29, 0.717) is 17.9 Å². The number of carbonyl (C=O) groups is 1. The molecule has 1 heterocycles. The smallest absolute Gasteiger partial charge is 0.251 e. The van der Waals surface area contributed by atoms with Gasteiger partial charge in [-0.1, -0.05) is 15.9 Å². The first-order chi connectivity index (χ1) is 8.09. The van der Waals surface area contributed by atoms with Crippen molar-refractivity contribution in [2.24, 2.45) is 0 Å². The third-order valence-electron chi connectivity index (χ3n) is 2.77. The van der Waals surface area contributed by atoms with Crippen LogP contribution in [0, 0.1) is 0 Å². The molecule has 1 atom stereocenters. The Labute approximate surface area is 113 Å². The largest absolute Gasteiger partial charge is 0.387 e. The Morgan fingerprint density at radius 3 is 2.76 bits per heavy atom. The standard InChI is InChI=1S/C12H14BrNO2S/c13-10-3-1-9(2-4-10)11(15)14-7-12(16)5-6-17-8-12/h1-4,16H,5-8H2,(H,14,15). The van der Waals surface area contributed by atoms with Gasteiger partial charge >= 0.3 is 0 Å². The molecule has 5 heteroatoms. The van der Waals surface area contributed by atoms with E-state index in [9.17, 15) is 9.90 Å². The van der Waals surface area contributed by atoms with Crippen LogP contribution >= 0.6 is 27.7 Å². The van der Waals surface area contributed by atoms with Crippen molar-refractivity contribution in [3.63, 3.8) is 0 Å². The van der Waals surface area contributed by atoms with Gasteiger partial charge in [0.25, 0.3) is 5.91 Å². The highest BCUT2D eigenvalue weighted by Crippen LogP contribution is 2.27. The van der Waals surface area contributed by atoms with E-state index in [1.165, 1.54) is 0 Å². The van der Waals surface area contributed by atoms with Gasteiger partial charge in [-0.25, -0.2) is 0 Å². The Hall–Kier alpha value is -0.520. The van der Waals surface area contributed by atoms with Gasteiger partial charge in [-0.3, -0.25) is 4.79 Å². The molecule has 17 heavy (non-hydrogen) atoms. The monoisotopic (exact) mass is 315 g/mol. The maximum atomic E-state index is 11.8. The molecule has 3 nitrogen and oxygen atoms in total. The lowest BCUT2D eigenvalue weighted by molar-refractivity contribution is 0.0612. The molecular weight excluding hydrogens is 302 g/mol. The molecule has 2 rings (SSSR count). The molecule has 1 aromatic carbocycles.